The number of halogens is 1. The van der Waals surface area contributed by atoms with Gasteiger partial charge in [0.1, 0.15) is 0 Å². The number of hydrogen-bond donors (Lipinski definition) is 3. The maximum atomic E-state index is 11.8. The van der Waals surface area contributed by atoms with Gasteiger partial charge in [-0.25, -0.2) is 0 Å². The average Bonchev–Trinajstić information content (AvgIpc) is 1.97. The molecule has 0 fully saturated rings. The van der Waals surface area contributed by atoms with E-state index in [1.165, 1.54) is 0 Å². The summed E-state index contributed by atoms with van der Waals surface area (Å²) >= 11 is 0. The molecular weight excluding hydrogens is 163 g/mol. The molecule has 0 spiro atoms. The molecule has 0 unspecified atom stereocenters. The van der Waals surface area contributed by atoms with E-state index >= 15 is 0 Å². The summed E-state index contributed by atoms with van der Waals surface area (Å²) in [5.41, 5.74) is 15.1. The largest absolute Gasteiger partial charge is 0.370 e. The van der Waals surface area contributed by atoms with E-state index in [0.717, 1.165) is 0 Å². The smallest absolute Gasteiger partial charge is 0.318 e. The van der Waals surface area contributed by atoms with Crippen molar-refractivity contribution in [2.75, 3.05) is 6.54 Å². The quantitative estimate of drug-likeness (QED) is 0.213. The summed E-state index contributed by atoms with van der Waals surface area (Å²) in [6, 6.07) is -2.54. The molecule has 0 rings (SSSR count). The molecule has 6 N–H and O–H groups in total. The van der Waals surface area contributed by atoms with Crippen LogP contribution in [0.3, 0.4) is 0 Å². The van der Waals surface area contributed by atoms with Crippen molar-refractivity contribution >= 4 is 12.0 Å². The Morgan fingerprint density at radius 2 is 2.08 bits per heavy atom. The second kappa shape index (κ2) is 5.48. The first kappa shape index (κ1) is 10.8. The second-order valence-corrected chi connectivity index (χ2v) is 2.36. The highest BCUT2D eigenvalue weighted by Gasteiger charge is 2.10. The zero-order valence-corrected chi connectivity index (χ0v) is 6.66. The number of carbonyl (C=O) groups excluding carboxylic acids is 1. The first-order chi connectivity index (χ1) is 5.54. The van der Waals surface area contributed by atoms with E-state index in [-0.39, 0.29) is 12.4 Å². The predicted octanol–water partition coefficient (Wildman–Crippen LogP) is -1.14. The molecule has 12 heavy (non-hydrogen) atoms. The Morgan fingerprint density at radius 3 is 2.50 bits per heavy atom. The normalized spacial score (nSPS) is 12.2. The van der Waals surface area contributed by atoms with Crippen molar-refractivity contribution in [3.63, 3.8) is 0 Å². The minimum atomic E-state index is -1.50. The Morgan fingerprint density at radius 1 is 1.50 bits per heavy atom. The molecular formula is C6H13FN4O. The highest BCUT2D eigenvalue weighted by molar-refractivity contribution is 5.75. The highest BCUT2D eigenvalue weighted by atomic mass is 19.1. The molecule has 0 aromatic heterocycles. The third-order valence-corrected chi connectivity index (χ3v) is 1.26. The zero-order chi connectivity index (χ0) is 9.56. The van der Waals surface area contributed by atoms with Crippen molar-refractivity contribution in [1.82, 2.24) is 0 Å². The third-order valence-electron chi connectivity index (χ3n) is 1.26. The van der Waals surface area contributed by atoms with E-state index in [2.05, 4.69) is 4.99 Å². The summed E-state index contributed by atoms with van der Waals surface area (Å²) in [7, 11) is 0. The van der Waals surface area contributed by atoms with Crippen molar-refractivity contribution < 1.29 is 9.18 Å². The Bertz CT molecular complexity index is 178. The van der Waals surface area contributed by atoms with Gasteiger partial charge in [0.15, 0.2) is 5.96 Å². The first-order valence-electron chi connectivity index (χ1n) is 3.54. The summed E-state index contributed by atoms with van der Waals surface area (Å²) in [5, 5.41) is 0. The zero-order valence-electron chi connectivity index (χ0n) is 6.66. The summed E-state index contributed by atoms with van der Waals surface area (Å²) in [4.78, 5) is 13.6. The van der Waals surface area contributed by atoms with Crippen LogP contribution in [0.25, 0.3) is 0 Å². The second-order valence-electron chi connectivity index (χ2n) is 2.36. The van der Waals surface area contributed by atoms with Gasteiger partial charge in [-0.3, -0.25) is 9.79 Å². The maximum absolute atomic E-state index is 11.8. The fourth-order valence-corrected chi connectivity index (χ4v) is 0.633. The van der Waals surface area contributed by atoms with Gasteiger partial charge >= 0.3 is 6.04 Å². The predicted molar refractivity (Wildman–Crippen MR) is 44.0 cm³/mol. The number of hydrogen-bond acceptors (Lipinski definition) is 3. The van der Waals surface area contributed by atoms with Gasteiger partial charge in [0.05, 0.1) is 6.04 Å². The standard InChI is InChI=1S/C6H13FN4O/c7-5(12)4(8)2-1-3-11-6(9)10/h4H,1-3,8H2,(H4,9,10,11)/t4-/m1/s1. The van der Waals surface area contributed by atoms with Crippen LogP contribution in [0, 0.1) is 0 Å². The van der Waals surface area contributed by atoms with Gasteiger partial charge in [-0.05, 0) is 12.8 Å². The van der Waals surface area contributed by atoms with Gasteiger partial charge < -0.3 is 17.2 Å². The Hall–Kier alpha value is -1.17. The molecule has 5 nitrogen and oxygen atoms in total. The number of aliphatic imine (C=N–C) groups is 1. The summed E-state index contributed by atoms with van der Waals surface area (Å²) in [5.74, 6) is -0.0184. The fraction of sp³-hybridized carbons (Fsp3) is 0.667. The Balaban J connectivity index is 3.44. The lowest BCUT2D eigenvalue weighted by Gasteiger charge is -2.02. The van der Waals surface area contributed by atoms with Crippen LogP contribution in [-0.4, -0.2) is 24.6 Å². The molecule has 0 saturated carbocycles. The minimum Gasteiger partial charge on any atom is -0.370 e. The molecule has 0 saturated heterocycles. The molecule has 0 aliphatic carbocycles. The molecule has 0 aromatic carbocycles. The molecule has 0 heterocycles. The van der Waals surface area contributed by atoms with Gasteiger partial charge in [0.2, 0.25) is 0 Å². The minimum absolute atomic E-state index is 0.0184. The van der Waals surface area contributed by atoms with E-state index in [1.54, 1.807) is 0 Å². The molecule has 6 heteroatoms. The van der Waals surface area contributed by atoms with Crippen LogP contribution in [0.1, 0.15) is 12.8 Å². The van der Waals surface area contributed by atoms with Crippen molar-refractivity contribution in [2.24, 2.45) is 22.2 Å². The number of nitrogens with two attached hydrogens (primary N) is 3. The van der Waals surface area contributed by atoms with Gasteiger partial charge in [0.25, 0.3) is 0 Å². The van der Waals surface area contributed by atoms with Crippen LogP contribution < -0.4 is 17.2 Å². The van der Waals surface area contributed by atoms with E-state index in [0.29, 0.717) is 13.0 Å². The molecule has 0 amide bonds. The highest BCUT2D eigenvalue weighted by Crippen LogP contribution is 1.96. The molecule has 0 radical (unpaired) electrons. The van der Waals surface area contributed by atoms with Crippen molar-refractivity contribution in [3.05, 3.63) is 0 Å². The summed E-state index contributed by atoms with van der Waals surface area (Å²) in [6.45, 7) is 0.364. The monoisotopic (exact) mass is 176 g/mol. The molecule has 0 aromatic rings. The van der Waals surface area contributed by atoms with E-state index in [4.69, 9.17) is 17.2 Å². The number of rotatable bonds is 5. The van der Waals surface area contributed by atoms with Crippen LogP contribution in [0.15, 0.2) is 4.99 Å². The van der Waals surface area contributed by atoms with Gasteiger partial charge in [-0.2, -0.15) is 4.39 Å². The van der Waals surface area contributed by atoms with E-state index in [1.807, 2.05) is 0 Å². The maximum Gasteiger partial charge on any atom is 0.318 e. The molecule has 0 aliphatic rings. The van der Waals surface area contributed by atoms with Gasteiger partial charge in [-0.1, -0.05) is 0 Å². The van der Waals surface area contributed by atoms with Crippen molar-refractivity contribution in [1.29, 1.82) is 0 Å². The van der Waals surface area contributed by atoms with Crippen molar-refractivity contribution in [3.8, 4) is 0 Å². The summed E-state index contributed by atoms with van der Waals surface area (Å²) in [6.07, 6.45) is 0.751. The molecule has 0 bridgehead atoms. The van der Waals surface area contributed by atoms with Crippen LogP contribution in [0.4, 0.5) is 4.39 Å². The molecule has 70 valence electrons. The number of carbonyl (C=O) groups is 1. The van der Waals surface area contributed by atoms with Crippen LogP contribution in [-0.2, 0) is 4.79 Å². The number of guanidine groups is 1. The molecule has 0 aliphatic heterocycles. The molecule has 1 atom stereocenters. The Kier molecular flexibility index (Phi) is 4.94. The van der Waals surface area contributed by atoms with Crippen LogP contribution in [0.5, 0.6) is 0 Å². The lowest BCUT2D eigenvalue weighted by atomic mass is 10.2. The Labute approximate surface area is 69.8 Å². The van der Waals surface area contributed by atoms with Crippen LogP contribution in [0.2, 0.25) is 0 Å². The third kappa shape index (κ3) is 5.60. The van der Waals surface area contributed by atoms with Crippen LogP contribution >= 0.6 is 0 Å². The van der Waals surface area contributed by atoms with Gasteiger partial charge in [-0.15, -0.1) is 0 Å². The SMILES string of the molecule is NC(N)=NCCC[C@@H](N)C(=O)F. The van der Waals surface area contributed by atoms with Gasteiger partial charge in [0, 0.05) is 6.54 Å². The average molecular weight is 176 g/mol. The van der Waals surface area contributed by atoms with Crippen molar-refractivity contribution in [2.45, 2.75) is 18.9 Å². The lowest BCUT2D eigenvalue weighted by Crippen LogP contribution is -2.27. The lowest BCUT2D eigenvalue weighted by molar-refractivity contribution is -0.130. The topological polar surface area (TPSA) is 107 Å². The fourth-order valence-electron chi connectivity index (χ4n) is 0.633. The number of nitrogens with zero attached hydrogens (tertiary/aromatic N) is 1. The van der Waals surface area contributed by atoms with E-state index < -0.39 is 12.1 Å². The summed E-state index contributed by atoms with van der Waals surface area (Å²) < 4.78 is 11.8. The first-order valence-corrected chi connectivity index (χ1v) is 3.54. The van der Waals surface area contributed by atoms with E-state index in [9.17, 15) is 9.18 Å².